The molecule has 0 aromatic carbocycles. The Morgan fingerprint density at radius 2 is 2.07 bits per heavy atom. The molecule has 3 nitrogen and oxygen atoms in total. The zero-order chi connectivity index (χ0) is 10.5. The van der Waals surface area contributed by atoms with E-state index in [2.05, 4.69) is 4.74 Å². The molecule has 1 atom stereocenters. The van der Waals surface area contributed by atoms with Gasteiger partial charge in [0.05, 0.1) is 7.11 Å². The second-order valence-corrected chi connectivity index (χ2v) is 2.88. The molecule has 2 N–H and O–H groups in total. The lowest BCUT2D eigenvalue weighted by atomic mass is 10.1. The topological polar surface area (TPSA) is 52.3 Å². The van der Waals surface area contributed by atoms with Crippen molar-refractivity contribution < 1.29 is 18.3 Å². The maximum absolute atomic E-state index is 12.7. The lowest BCUT2D eigenvalue weighted by Crippen LogP contribution is -2.33. The smallest absolute Gasteiger partial charge is 0.322 e. The Labute approximate surface area is 88.4 Å². The van der Waals surface area contributed by atoms with Gasteiger partial charge in [0.1, 0.15) is 6.04 Å². The van der Waals surface area contributed by atoms with Gasteiger partial charge in [0.25, 0.3) is 0 Å². The van der Waals surface area contributed by atoms with E-state index in [0.717, 1.165) is 0 Å². The monoisotopic (exact) mass is 231 g/mol. The van der Waals surface area contributed by atoms with E-state index in [4.69, 9.17) is 5.73 Å². The van der Waals surface area contributed by atoms with Crippen molar-refractivity contribution in [1.29, 1.82) is 0 Å². The van der Waals surface area contributed by atoms with Crippen LogP contribution in [-0.2, 0) is 9.53 Å². The SMILES string of the molecule is CCC(F)(F)CC[C@H](N)C(=O)OC.Cl. The summed E-state index contributed by atoms with van der Waals surface area (Å²) in [6, 6.07) is -0.942. The molecule has 0 spiro atoms. The van der Waals surface area contributed by atoms with Gasteiger partial charge in [-0.15, -0.1) is 12.4 Å². The number of hydrogen-bond acceptors (Lipinski definition) is 3. The highest BCUT2D eigenvalue weighted by Crippen LogP contribution is 2.24. The Hall–Kier alpha value is -0.420. The summed E-state index contributed by atoms with van der Waals surface area (Å²) in [6.07, 6.45) is -0.659. The third-order valence-electron chi connectivity index (χ3n) is 1.84. The van der Waals surface area contributed by atoms with Crippen molar-refractivity contribution >= 4 is 18.4 Å². The number of esters is 1. The molecule has 0 heterocycles. The van der Waals surface area contributed by atoms with Crippen LogP contribution in [0.3, 0.4) is 0 Å². The Kier molecular flexibility index (Phi) is 7.96. The molecule has 0 saturated heterocycles. The number of nitrogens with two attached hydrogens (primary N) is 1. The Balaban J connectivity index is 0. The second kappa shape index (κ2) is 6.95. The highest BCUT2D eigenvalue weighted by molar-refractivity contribution is 5.85. The molecule has 14 heavy (non-hydrogen) atoms. The average molecular weight is 232 g/mol. The minimum atomic E-state index is -2.73. The van der Waals surface area contributed by atoms with E-state index >= 15 is 0 Å². The van der Waals surface area contributed by atoms with Crippen LogP contribution >= 0.6 is 12.4 Å². The number of halogens is 3. The van der Waals surface area contributed by atoms with Gasteiger partial charge in [-0.1, -0.05) is 6.92 Å². The summed E-state index contributed by atoms with van der Waals surface area (Å²) in [4.78, 5) is 10.7. The number of methoxy groups -OCH3 is 1. The molecule has 6 heteroatoms. The molecule has 0 aliphatic carbocycles. The molecule has 0 aliphatic rings. The molecule has 0 amide bonds. The normalized spacial score (nSPS) is 12.9. The van der Waals surface area contributed by atoms with E-state index in [1.54, 1.807) is 0 Å². The van der Waals surface area contributed by atoms with Crippen LogP contribution < -0.4 is 5.73 Å². The lowest BCUT2D eigenvalue weighted by Gasteiger charge is -2.15. The zero-order valence-corrected chi connectivity index (χ0v) is 9.07. The molecule has 0 aromatic heterocycles. The van der Waals surface area contributed by atoms with Crippen molar-refractivity contribution in [2.45, 2.75) is 38.2 Å². The van der Waals surface area contributed by atoms with E-state index in [1.165, 1.54) is 14.0 Å². The standard InChI is InChI=1S/C8H15F2NO2.ClH/c1-3-8(9,10)5-4-6(11)7(12)13-2;/h6H,3-5,11H2,1-2H3;1H/t6-;/m0./s1. The predicted molar refractivity (Wildman–Crippen MR) is 51.7 cm³/mol. The fourth-order valence-corrected chi connectivity index (χ4v) is 0.813. The molecule has 0 unspecified atom stereocenters. The second-order valence-electron chi connectivity index (χ2n) is 2.88. The van der Waals surface area contributed by atoms with Gasteiger partial charge in [0.2, 0.25) is 5.92 Å². The summed E-state index contributed by atoms with van der Waals surface area (Å²) < 4.78 is 29.6. The third-order valence-corrected chi connectivity index (χ3v) is 1.84. The molecular weight excluding hydrogens is 216 g/mol. The average Bonchev–Trinajstić information content (AvgIpc) is 2.13. The van der Waals surface area contributed by atoms with E-state index in [1.807, 2.05) is 0 Å². The van der Waals surface area contributed by atoms with E-state index in [0.29, 0.717) is 0 Å². The van der Waals surface area contributed by atoms with E-state index < -0.39 is 17.9 Å². The van der Waals surface area contributed by atoms with Crippen molar-refractivity contribution in [3.05, 3.63) is 0 Å². The molecular formula is C8H16ClF2NO2. The molecule has 0 rings (SSSR count). The number of carbonyl (C=O) groups is 1. The van der Waals surface area contributed by atoms with Crippen LogP contribution in [0.1, 0.15) is 26.2 Å². The molecule has 86 valence electrons. The highest BCUT2D eigenvalue weighted by Gasteiger charge is 2.28. The van der Waals surface area contributed by atoms with Crippen LogP contribution in [0, 0.1) is 0 Å². The number of hydrogen-bond donors (Lipinski definition) is 1. The summed E-state index contributed by atoms with van der Waals surface area (Å²) >= 11 is 0. The van der Waals surface area contributed by atoms with Crippen LogP contribution in [0.5, 0.6) is 0 Å². The number of rotatable bonds is 5. The Morgan fingerprint density at radius 1 is 1.57 bits per heavy atom. The maximum Gasteiger partial charge on any atom is 0.322 e. The van der Waals surface area contributed by atoms with E-state index in [-0.39, 0.29) is 31.7 Å². The third kappa shape index (κ3) is 6.10. The van der Waals surface area contributed by atoms with Gasteiger partial charge < -0.3 is 10.5 Å². The molecule has 0 aliphatic heterocycles. The summed E-state index contributed by atoms with van der Waals surface area (Å²) in [5, 5.41) is 0. The largest absolute Gasteiger partial charge is 0.468 e. The first kappa shape index (κ1) is 16.0. The van der Waals surface area contributed by atoms with Crippen LogP contribution in [0.2, 0.25) is 0 Å². The van der Waals surface area contributed by atoms with Gasteiger partial charge in [-0.05, 0) is 6.42 Å². The summed E-state index contributed by atoms with van der Waals surface area (Å²) in [5.74, 6) is -3.38. The molecule has 0 radical (unpaired) electrons. The highest BCUT2D eigenvalue weighted by atomic mass is 35.5. The fraction of sp³-hybridized carbons (Fsp3) is 0.875. The lowest BCUT2D eigenvalue weighted by molar-refractivity contribution is -0.142. The van der Waals surface area contributed by atoms with Gasteiger partial charge in [-0.3, -0.25) is 4.79 Å². The predicted octanol–water partition coefficient (Wildman–Crippen LogP) is 1.73. The summed E-state index contributed by atoms with van der Waals surface area (Å²) in [5.41, 5.74) is 5.28. The molecule has 0 bridgehead atoms. The van der Waals surface area contributed by atoms with Gasteiger partial charge in [0, 0.05) is 12.8 Å². The molecule has 0 aromatic rings. The number of carbonyl (C=O) groups excluding carboxylic acids is 1. The van der Waals surface area contributed by atoms with Crippen molar-refractivity contribution in [2.24, 2.45) is 5.73 Å². The number of alkyl halides is 2. The minimum absolute atomic E-state index is 0. The fourth-order valence-electron chi connectivity index (χ4n) is 0.813. The van der Waals surface area contributed by atoms with Crippen molar-refractivity contribution in [3.8, 4) is 0 Å². The first-order chi connectivity index (χ1) is 5.93. The first-order valence-electron chi connectivity index (χ1n) is 4.14. The van der Waals surface area contributed by atoms with Crippen molar-refractivity contribution in [1.82, 2.24) is 0 Å². The van der Waals surface area contributed by atoms with Crippen molar-refractivity contribution in [3.63, 3.8) is 0 Å². The van der Waals surface area contributed by atoms with Gasteiger partial charge in [-0.25, -0.2) is 8.78 Å². The van der Waals surface area contributed by atoms with Gasteiger partial charge in [0.15, 0.2) is 0 Å². The van der Waals surface area contributed by atoms with Crippen LogP contribution in [0.25, 0.3) is 0 Å². The van der Waals surface area contributed by atoms with Gasteiger partial charge >= 0.3 is 5.97 Å². The molecule has 0 fully saturated rings. The molecule has 0 saturated carbocycles. The first-order valence-corrected chi connectivity index (χ1v) is 4.14. The summed E-state index contributed by atoms with van der Waals surface area (Å²) in [6.45, 7) is 1.39. The van der Waals surface area contributed by atoms with Crippen LogP contribution in [-0.4, -0.2) is 25.0 Å². The Bertz CT molecular complexity index is 179. The van der Waals surface area contributed by atoms with Crippen molar-refractivity contribution in [2.75, 3.05) is 7.11 Å². The van der Waals surface area contributed by atoms with Crippen LogP contribution in [0.15, 0.2) is 0 Å². The van der Waals surface area contributed by atoms with E-state index in [9.17, 15) is 13.6 Å². The maximum atomic E-state index is 12.7. The zero-order valence-electron chi connectivity index (χ0n) is 8.26. The van der Waals surface area contributed by atoms with Crippen LogP contribution in [0.4, 0.5) is 8.78 Å². The minimum Gasteiger partial charge on any atom is -0.468 e. The number of ether oxygens (including phenoxy) is 1. The quantitative estimate of drug-likeness (QED) is 0.734. The summed E-state index contributed by atoms with van der Waals surface area (Å²) in [7, 11) is 1.18. The van der Waals surface area contributed by atoms with Gasteiger partial charge in [-0.2, -0.15) is 0 Å². The Morgan fingerprint density at radius 3 is 2.43 bits per heavy atom.